The van der Waals surface area contributed by atoms with E-state index in [0.717, 1.165) is 5.01 Å². The van der Waals surface area contributed by atoms with Crippen molar-refractivity contribution in [1.82, 2.24) is 15.6 Å². The van der Waals surface area contributed by atoms with Gasteiger partial charge in [-0.15, -0.1) is 11.3 Å². The molecule has 2 amide bonds. The Kier molecular flexibility index (Phi) is 5.29. The summed E-state index contributed by atoms with van der Waals surface area (Å²) in [5.74, 6) is -1.05. The fourth-order valence-corrected chi connectivity index (χ4v) is 2.26. The molecule has 0 spiro atoms. The Bertz CT molecular complexity index is 435. The van der Waals surface area contributed by atoms with E-state index in [1.165, 1.54) is 18.3 Å². The summed E-state index contributed by atoms with van der Waals surface area (Å²) >= 11 is 1.46. The largest absolute Gasteiger partial charge is 0.480 e. The van der Waals surface area contributed by atoms with E-state index in [1.54, 1.807) is 13.1 Å². The minimum Gasteiger partial charge on any atom is -0.480 e. The van der Waals surface area contributed by atoms with Crippen molar-refractivity contribution in [1.29, 1.82) is 0 Å². The summed E-state index contributed by atoms with van der Waals surface area (Å²) in [6.45, 7) is 5.13. The van der Waals surface area contributed by atoms with Gasteiger partial charge in [-0.3, -0.25) is 0 Å². The number of carboxylic acids is 1. The molecule has 6 nitrogen and oxygen atoms in total. The third-order valence-corrected chi connectivity index (χ3v) is 3.92. The average Bonchev–Trinajstić information content (AvgIpc) is 2.89. The SMILES string of the molecule is CCC(NC(=O)NC(C)(CC)C(=O)O)c1nccs1. The van der Waals surface area contributed by atoms with Gasteiger partial charge in [0.1, 0.15) is 10.5 Å². The van der Waals surface area contributed by atoms with Crippen LogP contribution in [-0.4, -0.2) is 27.6 Å². The highest BCUT2D eigenvalue weighted by Gasteiger charge is 2.33. The third-order valence-electron chi connectivity index (χ3n) is 3.03. The van der Waals surface area contributed by atoms with E-state index < -0.39 is 17.5 Å². The molecule has 19 heavy (non-hydrogen) atoms. The molecule has 7 heteroatoms. The highest BCUT2D eigenvalue weighted by atomic mass is 32.1. The molecule has 0 saturated heterocycles. The van der Waals surface area contributed by atoms with Crippen LogP contribution < -0.4 is 10.6 Å². The van der Waals surface area contributed by atoms with Gasteiger partial charge in [0.15, 0.2) is 0 Å². The van der Waals surface area contributed by atoms with E-state index in [2.05, 4.69) is 15.6 Å². The molecule has 0 saturated carbocycles. The highest BCUT2D eigenvalue weighted by Crippen LogP contribution is 2.19. The molecule has 1 aromatic rings. The van der Waals surface area contributed by atoms with Crippen molar-refractivity contribution in [2.45, 2.75) is 45.2 Å². The Labute approximate surface area is 116 Å². The molecule has 0 aliphatic heterocycles. The summed E-state index contributed by atoms with van der Waals surface area (Å²) < 4.78 is 0. The van der Waals surface area contributed by atoms with Crippen LogP contribution >= 0.6 is 11.3 Å². The number of thiazole rings is 1. The fourth-order valence-electron chi connectivity index (χ4n) is 1.48. The second-order valence-electron chi connectivity index (χ2n) is 4.42. The van der Waals surface area contributed by atoms with Gasteiger partial charge in [-0.25, -0.2) is 14.6 Å². The van der Waals surface area contributed by atoms with Gasteiger partial charge in [0.25, 0.3) is 0 Å². The molecule has 0 aromatic carbocycles. The first kappa shape index (κ1) is 15.4. The van der Waals surface area contributed by atoms with Gasteiger partial charge >= 0.3 is 12.0 Å². The Balaban J connectivity index is 2.66. The molecule has 0 radical (unpaired) electrons. The quantitative estimate of drug-likeness (QED) is 0.746. The lowest BCUT2D eigenvalue weighted by Gasteiger charge is -2.26. The van der Waals surface area contributed by atoms with Crippen LogP contribution in [0.1, 0.15) is 44.7 Å². The van der Waals surface area contributed by atoms with Crippen LogP contribution in [0.4, 0.5) is 4.79 Å². The van der Waals surface area contributed by atoms with Crippen molar-refractivity contribution in [3.8, 4) is 0 Å². The topological polar surface area (TPSA) is 91.3 Å². The van der Waals surface area contributed by atoms with Crippen molar-refractivity contribution >= 4 is 23.3 Å². The fraction of sp³-hybridized carbons (Fsp3) is 0.583. The van der Waals surface area contributed by atoms with E-state index in [4.69, 9.17) is 5.11 Å². The molecule has 1 aromatic heterocycles. The van der Waals surface area contributed by atoms with Crippen LogP contribution in [0.2, 0.25) is 0 Å². The van der Waals surface area contributed by atoms with Crippen molar-refractivity contribution < 1.29 is 14.7 Å². The maximum absolute atomic E-state index is 11.9. The molecule has 0 fully saturated rings. The molecule has 2 atom stereocenters. The summed E-state index contributed by atoms with van der Waals surface area (Å²) in [5, 5.41) is 17.0. The molecule has 2 unspecified atom stereocenters. The number of carbonyl (C=O) groups is 2. The zero-order valence-electron chi connectivity index (χ0n) is 11.3. The van der Waals surface area contributed by atoms with Crippen LogP contribution in [0, 0.1) is 0 Å². The van der Waals surface area contributed by atoms with Gasteiger partial charge < -0.3 is 15.7 Å². The molecule has 3 N–H and O–H groups in total. The van der Waals surface area contributed by atoms with Crippen LogP contribution in [0.3, 0.4) is 0 Å². The van der Waals surface area contributed by atoms with Gasteiger partial charge in [-0.05, 0) is 19.8 Å². The second-order valence-corrected chi connectivity index (χ2v) is 5.35. The van der Waals surface area contributed by atoms with Gasteiger partial charge in [0.05, 0.1) is 6.04 Å². The lowest BCUT2D eigenvalue weighted by molar-refractivity contribution is -0.143. The number of hydrogen-bond donors (Lipinski definition) is 3. The van der Waals surface area contributed by atoms with Crippen molar-refractivity contribution in [3.05, 3.63) is 16.6 Å². The van der Waals surface area contributed by atoms with Gasteiger partial charge in [-0.1, -0.05) is 13.8 Å². The zero-order chi connectivity index (χ0) is 14.5. The lowest BCUT2D eigenvalue weighted by Crippen LogP contribution is -2.55. The van der Waals surface area contributed by atoms with Gasteiger partial charge in [0.2, 0.25) is 0 Å². The number of aliphatic carboxylic acids is 1. The molecule has 0 bridgehead atoms. The predicted octanol–water partition coefficient (Wildman–Crippen LogP) is 2.15. The first-order valence-electron chi connectivity index (χ1n) is 6.14. The van der Waals surface area contributed by atoms with Crippen LogP contribution in [0.15, 0.2) is 11.6 Å². The number of amides is 2. The molecular formula is C12H19N3O3S. The average molecular weight is 285 g/mol. The van der Waals surface area contributed by atoms with Crippen LogP contribution in [-0.2, 0) is 4.79 Å². The summed E-state index contributed by atoms with van der Waals surface area (Å²) in [7, 11) is 0. The van der Waals surface area contributed by atoms with Crippen molar-refractivity contribution in [3.63, 3.8) is 0 Å². The maximum atomic E-state index is 11.9. The number of carbonyl (C=O) groups excluding carboxylic acids is 1. The van der Waals surface area contributed by atoms with Crippen molar-refractivity contribution in [2.75, 3.05) is 0 Å². The third kappa shape index (κ3) is 3.92. The first-order chi connectivity index (χ1) is 8.92. The number of carboxylic acid groups (broad SMARTS) is 1. The van der Waals surface area contributed by atoms with Gasteiger partial charge in [-0.2, -0.15) is 0 Å². The zero-order valence-corrected chi connectivity index (χ0v) is 12.1. The number of hydrogen-bond acceptors (Lipinski definition) is 4. The summed E-state index contributed by atoms with van der Waals surface area (Å²) in [5.41, 5.74) is -1.26. The van der Waals surface area contributed by atoms with Crippen LogP contribution in [0.5, 0.6) is 0 Å². The number of urea groups is 1. The number of nitrogens with one attached hydrogen (secondary N) is 2. The molecule has 1 rings (SSSR count). The normalized spacial score (nSPS) is 15.3. The Morgan fingerprint density at radius 2 is 2.21 bits per heavy atom. The predicted molar refractivity (Wildman–Crippen MR) is 73.1 cm³/mol. The van der Waals surface area contributed by atoms with E-state index in [0.29, 0.717) is 12.8 Å². The van der Waals surface area contributed by atoms with E-state index in [-0.39, 0.29) is 6.04 Å². The molecular weight excluding hydrogens is 266 g/mol. The first-order valence-corrected chi connectivity index (χ1v) is 7.02. The minimum absolute atomic E-state index is 0.199. The Hall–Kier alpha value is -1.63. The van der Waals surface area contributed by atoms with Gasteiger partial charge in [0, 0.05) is 11.6 Å². The standard InChI is InChI=1S/C12H19N3O3S/c1-4-8(9-13-6-7-19-9)14-11(18)15-12(3,5-2)10(16)17/h6-8H,4-5H2,1-3H3,(H,16,17)(H2,14,15,18). The molecule has 106 valence electrons. The molecule has 0 aliphatic carbocycles. The van der Waals surface area contributed by atoms with E-state index in [9.17, 15) is 9.59 Å². The van der Waals surface area contributed by atoms with E-state index >= 15 is 0 Å². The Morgan fingerprint density at radius 1 is 1.53 bits per heavy atom. The maximum Gasteiger partial charge on any atom is 0.329 e. The summed E-state index contributed by atoms with van der Waals surface area (Å²) in [6, 6.07) is -0.691. The molecule has 1 heterocycles. The minimum atomic E-state index is -1.26. The summed E-state index contributed by atoms with van der Waals surface area (Å²) in [6.07, 6.45) is 2.68. The number of aromatic nitrogens is 1. The smallest absolute Gasteiger partial charge is 0.329 e. The number of rotatable bonds is 6. The van der Waals surface area contributed by atoms with E-state index in [1.807, 2.05) is 12.3 Å². The monoisotopic (exact) mass is 285 g/mol. The number of nitrogens with zero attached hydrogens (tertiary/aromatic N) is 1. The van der Waals surface area contributed by atoms with Crippen molar-refractivity contribution in [2.24, 2.45) is 0 Å². The molecule has 0 aliphatic rings. The lowest BCUT2D eigenvalue weighted by atomic mass is 10.00. The second kappa shape index (κ2) is 6.51. The summed E-state index contributed by atoms with van der Waals surface area (Å²) in [4.78, 5) is 27.1. The highest BCUT2D eigenvalue weighted by molar-refractivity contribution is 7.09. The Morgan fingerprint density at radius 3 is 2.63 bits per heavy atom. The van der Waals surface area contributed by atoms with Crippen LogP contribution in [0.25, 0.3) is 0 Å².